The van der Waals surface area contributed by atoms with E-state index in [1.807, 2.05) is 18.2 Å². The number of rotatable bonds is 3. The van der Waals surface area contributed by atoms with Gasteiger partial charge in [0, 0.05) is 49.2 Å². The van der Waals surface area contributed by atoms with Crippen LogP contribution in [0.4, 0.5) is 0 Å². The first-order valence-corrected chi connectivity index (χ1v) is 13.4. The molecule has 2 aliphatic rings. The molecule has 1 aromatic heterocycles. The maximum atomic E-state index is 13.3. The van der Waals surface area contributed by atoms with Gasteiger partial charge in [0.1, 0.15) is 0 Å². The van der Waals surface area contributed by atoms with Crippen molar-refractivity contribution in [3.63, 3.8) is 0 Å². The van der Waals surface area contributed by atoms with Crippen LogP contribution in [0.5, 0.6) is 0 Å². The molecular weight excluding hydrogens is 466 g/mol. The van der Waals surface area contributed by atoms with Gasteiger partial charge in [0.15, 0.2) is 0 Å². The molecule has 32 heavy (non-hydrogen) atoms. The summed E-state index contributed by atoms with van der Waals surface area (Å²) in [5.74, 6) is 0.00577. The summed E-state index contributed by atoms with van der Waals surface area (Å²) in [6, 6.07) is 12.5. The molecular formula is C23H24ClN3O3S2. The summed E-state index contributed by atoms with van der Waals surface area (Å²) in [6.45, 7) is 3.39. The van der Waals surface area contributed by atoms with Crippen LogP contribution in [0.1, 0.15) is 26.5 Å². The van der Waals surface area contributed by atoms with Crippen LogP contribution in [0.3, 0.4) is 0 Å². The van der Waals surface area contributed by atoms with Crippen molar-refractivity contribution < 1.29 is 13.2 Å². The normalized spacial score (nSPS) is 17.8. The van der Waals surface area contributed by atoms with Crippen LogP contribution in [0.2, 0.25) is 5.02 Å². The van der Waals surface area contributed by atoms with Crippen molar-refractivity contribution in [2.75, 3.05) is 32.7 Å². The lowest BCUT2D eigenvalue weighted by Crippen LogP contribution is -2.37. The zero-order chi connectivity index (χ0) is 22.3. The largest absolute Gasteiger partial charge is 0.337 e. The number of sulfonamides is 1. The molecule has 2 aliphatic heterocycles. The molecule has 2 aromatic carbocycles. The van der Waals surface area contributed by atoms with Gasteiger partial charge in [-0.2, -0.15) is 4.31 Å². The SMILES string of the molecule is O=C(c1cc2c(s1)CCNC2)N1CCCN(S(=O)(=O)c2ccc3cc(Cl)ccc3c2)CC1. The van der Waals surface area contributed by atoms with E-state index >= 15 is 0 Å². The maximum Gasteiger partial charge on any atom is 0.263 e. The zero-order valence-electron chi connectivity index (χ0n) is 17.5. The fraction of sp³-hybridized carbons (Fsp3) is 0.348. The molecule has 0 spiro atoms. The summed E-state index contributed by atoms with van der Waals surface area (Å²) < 4.78 is 28.1. The Morgan fingerprint density at radius 1 is 1.00 bits per heavy atom. The van der Waals surface area contributed by atoms with Crippen molar-refractivity contribution >= 4 is 49.6 Å². The van der Waals surface area contributed by atoms with Crippen molar-refractivity contribution in [1.82, 2.24) is 14.5 Å². The molecule has 9 heteroatoms. The molecule has 3 aromatic rings. The van der Waals surface area contributed by atoms with Crippen LogP contribution in [-0.2, 0) is 23.0 Å². The first-order chi connectivity index (χ1) is 15.4. The van der Waals surface area contributed by atoms with E-state index in [2.05, 4.69) is 5.32 Å². The molecule has 1 N–H and O–H groups in total. The van der Waals surface area contributed by atoms with Gasteiger partial charge in [0.25, 0.3) is 5.91 Å². The molecule has 0 radical (unpaired) electrons. The van der Waals surface area contributed by atoms with E-state index in [9.17, 15) is 13.2 Å². The number of carbonyl (C=O) groups is 1. The van der Waals surface area contributed by atoms with Gasteiger partial charge in [0.05, 0.1) is 9.77 Å². The van der Waals surface area contributed by atoms with Gasteiger partial charge in [-0.15, -0.1) is 11.3 Å². The molecule has 1 saturated heterocycles. The summed E-state index contributed by atoms with van der Waals surface area (Å²) in [5.41, 5.74) is 1.21. The number of hydrogen-bond acceptors (Lipinski definition) is 5. The van der Waals surface area contributed by atoms with E-state index in [0.717, 1.165) is 35.2 Å². The Hall–Kier alpha value is -1.97. The fourth-order valence-corrected chi connectivity index (χ4v) is 7.19. The molecule has 6 nitrogen and oxygen atoms in total. The van der Waals surface area contributed by atoms with Gasteiger partial charge < -0.3 is 10.2 Å². The van der Waals surface area contributed by atoms with E-state index in [1.54, 1.807) is 40.5 Å². The number of amides is 1. The van der Waals surface area contributed by atoms with Gasteiger partial charge >= 0.3 is 0 Å². The highest BCUT2D eigenvalue weighted by atomic mass is 35.5. The highest BCUT2D eigenvalue weighted by molar-refractivity contribution is 7.89. The summed E-state index contributed by atoms with van der Waals surface area (Å²) >= 11 is 7.62. The average molecular weight is 490 g/mol. The second-order valence-corrected chi connectivity index (χ2v) is 11.7. The predicted molar refractivity (Wildman–Crippen MR) is 128 cm³/mol. The first-order valence-electron chi connectivity index (χ1n) is 10.7. The molecule has 0 atom stereocenters. The minimum atomic E-state index is -3.65. The molecule has 168 valence electrons. The molecule has 0 aliphatic carbocycles. The van der Waals surface area contributed by atoms with Gasteiger partial charge in [-0.25, -0.2) is 8.42 Å². The van der Waals surface area contributed by atoms with Crippen LogP contribution in [-0.4, -0.2) is 56.3 Å². The second kappa shape index (κ2) is 8.76. The Morgan fingerprint density at radius 2 is 1.81 bits per heavy atom. The molecule has 3 heterocycles. The van der Waals surface area contributed by atoms with E-state index < -0.39 is 10.0 Å². The zero-order valence-corrected chi connectivity index (χ0v) is 19.9. The van der Waals surface area contributed by atoms with Crippen molar-refractivity contribution in [2.45, 2.75) is 24.3 Å². The Kier molecular flexibility index (Phi) is 5.98. The lowest BCUT2D eigenvalue weighted by atomic mass is 10.1. The Bertz CT molecular complexity index is 1270. The van der Waals surface area contributed by atoms with Crippen LogP contribution in [0.25, 0.3) is 10.8 Å². The fourth-order valence-electron chi connectivity index (χ4n) is 4.36. The van der Waals surface area contributed by atoms with E-state index in [-0.39, 0.29) is 10.8 Å². The second-order valence-electron chi connectivity index (χ2n) is 8.19. The summed E-state index contributed by atoms with van der Waals surface area (Å²) in [6.07, 6.45) is 1.57. The third kappa shape index (κ3) is 4.18. The molecule has 1 fully saturated rings. The van der Waals surface area contributed by atoms with E-state index in [4.69, 9.17) is 11.6 Å². The van der Waals surface area contributed by atoms with Gasteiger partial charge in [-0.3, -0.25) is 4.79 Å². The number of hydrogen-bond donors (Lipinski definition) is 1. The highest BCUT2D eigenvalue weighted by Gasteiger charge is 2.29. The van der Waals surface area contributed by atoms with Crippen LogP contribution in [0, 0.1) is 0 Å². The van der Waals surface area contributed by atoms with Crippen molar-refractivity contribution in [3.05, 3.63) is 62.8 Å². The number of benzene rings is 2. The quantitative estimate of drug-likeness (QED) is 0.608. The lowest BCUT2D eigenvalue weighted by molar-refractivity contribution is 0.0769. The topological polar surface area (TPSA) is 69.7 Å². The van der Waals surface area contributed by atoms with Crippen LogP contribution in [0.15, 0.2) is 47.4 Å². The average Bonchev–Trinajstić information content (AvgIpc) is 3.07. The number of carbonyl (C=O) groups excluding carboxylic acids is 1. The highest BCUT2D eigenvalue weighted by Crippen LogP contribution is 2.28. The van der Waals surface area contributed by atoms with Crippen molar-refractivity contribution in [2.24, 2.45) is 0 Å². The van der Waals surface area contributed by atoms with Crippen LogP contribution >= 0.6 is 22.9 Å². The number of nitrogens with zero attached hydrogens (tertiary/aromatic N) is 2. The third-order valence-corrected chi connectivity index (χ3v) is 9.46. The first kappa shape index (κ1) is 21.9. The molecule has 5 rings (SSSR count). The summed E-state index contributed by atoms with van der Waals surface area (Å²) in [5, 5.41) is 5.69. The summed E-state index contributed by atoms with van der Waals surface area (Å²) in [7, 11) is -3.65. The van der Waals surface area contributed by atoms with Crippen LogP contribution < -0.4 is 5.32 Å². The number of nitrogens with one attached hydrogen (secondary N) is 1. The Morgan fingerprint density at radius 3 is 2.66 bits per heavy atom. The third-order valence-electron chi connectivity index (χ3n) is 6.11. The number of halogens is 1. The van der Waals surface area contributed by atoms with E-state index in [0.29, 0.717) is 37.6 Å². The monoisotopic (exact) mass is 489 g/mol. The standard InChI is InChI=1S/C23H24ClN3O3S2/c24-19-4-2-17-13-20(5-3-16(17)12-19)32(29,30)27-9-1-8-26(10-11-27)23(28)22-14-18-15-25-7-6-21(18)31-22/h2-5,12-14,25H,1,6-11,15H2. The molecule has 0 saturated carbocycles. The molecule has 1 amide bonds. The predicted octanol–water partition coefficient (Wildman–Crippen LogP) is 3.74. The minimum absolute atomic E-state index is 0.00577. The van der Waals surface area contributed by atoms with Gasteiger partial charge in [0.2, 0.25) is 10.0 Å². The van der Waals surface area contributed by atoms with Gasteiger partial charge in [-0.05, 0) is 59.5 Å². The van der Waals surface area contributed by atoms with Crippen molar-refractivity contribution in [1.29, 1.82) is 0 Å². The Labute approximate surface area is 196 Å². The van der Waals surface area contributed by atoms with Crippen molar-refractivity contribution in [3.8, 4) is 0 Å². The summed E-state index contributed by atoms with van der Waals surface area (Å²) in [4.78, 5) is 17.2. The van der Waals surface area contributed by atoms with E-state index in [1.165, 1.54) is 14.7 Å². The lowest BCUT2D eigenvalue weighted by Gasteiger charge is -2.22. The van der Waals surface area contributed by atoms with Gasteiger partial charge in [-0.1, -0.05) is 23.7 Å². The Balaban J connectivity index is 1.32. The number of thiophene rings is 1. The minimum Gasteiger partial charge on any atom is -0.337 e. The molecule has 0 unspecified atom stereocenters. The molecule has 0 bridgehead atoms. The smallest absolute Gasteiger partial charge is 0.263 e. The maximum absolute atomic E-state index is 13.3. The number of fused-ring (bicyclic) bond motifs is 2.